The summed E-state index contributed by atoms with van der Waals surface area (Å²) < 4.78 is 14.2. The molecule has 0 saturated heterocycles. The maximum atomic E-state index is 13.2. The number of hydrogen-bond donors (Lipinski definition) is 2. The van der Waals surface area contributed by atoms with Crippen molar-refractivity contribution in [2.75, 3.05) is 5.32 Å². The quantitative estimate of drug-likeness (QED) is 0.613. The summed E-state index contributed by atoms with van der Waals surface area (Å²) in [5, 5.41) is 12.9. The standard InChI is InChI=1S/C21H15ClFN3O3S/c1-11-14(13-4-2-3-5-17(13)24-11)9-18-20(28)26(21(29)30-18)10-19(27)25-12-6-7-16(23)15(22)8-12/h2-9,28H,10H2,1H3,(H,25,27). The Balaban J connectivity index is 1.59. The average molecular weight is 444 g/mol. The predicted molar refractivity (Wildman–Crippen MR) is 117 cm³/mol. The number of allylic oxidation sites excluding steroid dienone is 1. The third kappa shape index (κ3) is 3.79. The summed E-state index contributed by atoms with van der Waals surface area (Å²) in [5.74, 6) is -1.47. The molecule has 2 heterocycles. The number of benzene rings is 2. The van der Waals surface area contributed by atoms with E-state index in [-0.39, 0.29) is 16.6 Å². The van der Waals surface area contributed by atoms with Gasteiger partial charge in [-0.05, 0) is 37.3 Å². The lowest BCUT2D eigenvalue weighted by molar-refractivity contribution is -0.116. The van der Waals surface area contributed by atoms with E-state index in [1.807, 2.05) is 31.2 Å². The van der Waals surface area contributed by atoms with Gasteiger partial charge in [-0.3, -0.25) is 19.1 Å². The highest BCUT2D eigenvalue weighted by molar-refractivity contribution is 7.10. The molecule has 0 aliphatic carbocycles. The molecule has 0 radical (unpaired) electrons. The average Bonchev–Trinajstić information content (AvgIpc) is 3.16. The number of aromatic hydroxyl groups is 1. The lowest BCUT2D eigenvalue weighted by Crippen LogP contribution is -2.24. The van der Waals surface area contributed by atoms with Gasteiger partial charge in [0.15, 0.2) is 0 Å². The number of para-hydroxylation sites is 1. The van der Waals surface area contributed by atoms with E-state index in [1.54, 1.807) is 6.08 Å². The molecule has 0 fully saturated rings. The number of halogens is 2. The van der Waals surface area contributed by atoms with Crippen LogP contribution in [0, 0.1) is 5.82 Å². The van der Waals surface area contributed by atoms with Crippen LogP contribution in [-0.2, 0) is 11.3 Å². The minimum absolute atomic E-state index is 0.133. The second-order valence-electron chi connectivity index (χ2n) is 6.59. The molecule has 6 nitrogen and oxygen atoms in total. The second kappa shape index (κ2) is 7.89. The van der Waals surface area contributed by atoms with Crippen molar-refractivity contribution in [1.82, 2.24) is 4.57 Å². The number of amides is 1. The Bertz CT molecular complexity index is 1290. The summed E-state index contributed by atoms with van der Waals surface area (Å²) >= 11 is 6.54. The van der Waals surface area contributed by atoms with Crippen molar-refractivity contribution in [1.29, 1.82) is 0 Å². The molecule has 4 rings (SSSR count). The Kier molecular flexibility index (Phi) is 5.27. The van der Waals surface area contributed by atoms with Crippen LogP contribution in [0.4, 0.5) is 15.8 Å². The number of fused-ring (bicyclic) bond motifs is 1. The largest absolute Gasteiger partial charge is 0.493 e. The van der Waals surface area contributed by atoms with Gasteiger partial charge >= 0.3 is 4.87 Å². The van der Waals surface area contributed by atoms with E-state index < -0.39 is 23.1 Å². The Morgan fingerprint density at radius 1 is 1.33 bits per heavy atom. The molecule has 0 atom stereocenters. The minimum atomic E-state index is -0.605. The Morgan fingerprint density at radius 3 is 2.87 bits per heavy atom. The van der Waals surface area contributed by atoms with E-state index in [1.165, 1.54) is 12.1 Å². The van der Waals surface area contributed by atoms with Crippen molar-refractivity contribution in [2.24, 2.45) is 4.99 Å². The molecule has 1 aliphatic heterocycles. The molecule has 152 valence electrons. The van der Waals surface area contributed by atoms with Crippen molar-refractivity contribution in [3.05, 3.63) is 73.4 Å². The Labute approximate surface area is 179 Å². The van der Waals surface area contributed by atoms with Crippen molar-refractivity contribution >= 4 is 57.6 Å². The van der Waals surface area contributed by atoms with Crippen LogP contribution in [-0.4, -0.2) is 21.3 Å². The first kappa shape index (κ1) is 20.1. The first-order valence-corrected chi connectivity index (χ1v) is 10.1. The maximum Gasteiger partial charge on any atom is 0.311 e. The van der Waals surface area contributed by atoms with Gasteiger partial charge in [-0.2, -0.15) is 0 Å². The number of carbonyl (C=O) groups excluding carboxylic acids is 1. The molecule has 3 aromatic rings. The molecule has 2 N–H and O–H groups in total. The lowest BCUT2D eigenvalue weighted by atomic mass is 10.0. The van der Waals surface area contributed by atoms with Crippen LogP contribution in [0.2, 0.25) is 5.02 Å². The SMILES string of the molecule is CC1=Nc2ccccc2C1=Cc1sc(=O)n(CC(=O)Nc2ccc(F)c(Cl)c2)c1O. The highest BCUT2D eigenvalue weighted by atomic mass is 35.5. The molecular formula is C21H15ClFN3O3S. The van der Waals surface area contributed by atoms with Gasteiger partial charge in [0.25, 0.3) is 0 Å². The normalized spacial score (nSPS) is 14.0. The zero-order valence-electron chi connectivity index (χ0n) is 15.6. The maximum absolute atomic E-state index is 13.2. The van der Waals surface area contributed by atoms with Crippen LogP contribution in [0.15, 0.2) is 52.3 Å². The molecular weight excluding hydrogens is 429 g/mol. The van der Waals surface area contributed by atoms with E-state index in [2.05, 4.69) is 10.3 Å². The van der Waals surface area contributed by atoms with Crippen LogP contribution in [0.1, 0.15) is 17.4 Å². The summed E-state index contributed by atoms with van der Waals surface area (Å²) in [7, 11) is 0. The van der Waals surface area contributed by atoms with Crippen LogP contribution < -0.4 is 10.2 Å². The fourth-order valence-electron chi connectivity index (χ4n) is 3.11. The van der Waals surface area contributed by atoms with Crippen LogP contribution in [0.5, 0.6) is 5.88 Å². The fraction of sp³-hybridized carbons (Fsp3) is 0.0952. The summed E-state index contributed by atoms with van der Waals surface area (Å²) in [5.41, 5.74) is 3.59. The van der Waals surface area contributed by atoms with Crippen LogP contribution in [0.25, 0.3) is 11.6 Å². The third-order valence-electron chi connectivity index (χ3n) is 4.55. The molecule has 0 bridgehead atoms. The van der Waals surface area contributed by atoms with Gasteiger partial charge in [-0.15, -0.1) is 0 Å². The lowest BCUT2D eigenvalue weighted by Gasteiger charge is -2.07. The number of aliphatic imine (C=N–C) groups is 1. The predicted octanol–water partition coefficient (Wildman–Crippen LogP) is 4.69. The van der Waals surface area contributed by atoms with Gasteiger partial charge < -0.3 is 10.4 Å². The van der Waals surface area contributed by atoms with E-state index >= 15 is 0 Å². The molecule has 30 heavy (non-hydrogen) atoms. The number of nitrogens with one attached hydrogen (secondary N) is 1. The molecule has 0 spiro atoms. The first-order valence-electron chi connectivity index (χ1n) is 8.88. The Hall–Kier alpha value is -3.23. The van der Waals surface area contributed by atoms with Crippen molar-refractivity contribution < 1.29 is 14.3 Å². The fourth-order valence-corrected chi connectivity index (χ4v) is 4.12. The first-order chi connectivity index (χ1) is 14.3. The number of thiazole rings is 1. The molecule has 9 heteroatoms. The van der Waals surface area contributed by atoms with Crippen LogP contribution >= 0.6 is 22.9 Å². The van der Waals surface area contributed by atoms with Gasteiger partial charge in [0, 0.05) is 22.5 Å². The van der Waals surface area contributed by atoms with E-state index in [4.69, 9.17) is 11.6 Å². The number of nitrogens with zero attached hydrogens (tertiary/aromatic N) is 2. The monoisotopic (exact) mass is 443 g/mol. The number of aromatic nitrogens is 1. The minimum Gasteiger partial charge on any atom is -0.493 e. The second-order valence-corrected chi connectivity index (χ2v) is 7.99. The summed E-state index contributed by atoms with van der Waals surface area (Å²) in [6.07, 6.45) is 1.69. The number of anilines is 1. The third-order valence-corrected chi connectivity index (χ3v) is 5.75. The van der Waals surface area contributed by atoms with Gasteiger partial charge in [0.1, 0.15) is 12.4 Å². The summed E-state index contributed by atoms with van der Waals surface area (Å²) in [6, 6.07) is 11.3. The van der Waals surface area contributed by atoms with E-state index in [0.29, 0.717) is 4.88 Å². The van der Waals surface area contributed by atoms with Crippen molar-refractivity contribution in [3.63, 3.8) is 0 Å². The molecule has 0 unspecified atom stereocenters. The van der Waals surface area contributed by atoms with E-state index in [0.717, 1.165) is 44.5 Å². The van der Waals surface area contributed by atoms with Gasteiger partial charge in [0.2, 0.25) is 11.8 Å². The van der Waals surface area contributed by atoms with Crippen molar-refractivity contribution in [3.8, 4) is 5.88 Å². The zero-order chi connectivity index (χ0) is 21.4. The highest BCUT2D eigenvalue weighted by Gasteiger charge is 2.20. The molecule has 1 aromatic heterocycles. The highest BCUT2D eigenvalue weighted by Crippen LogP contribution is 2.37. The van der Waals surface area contributed by atoms with Crippen LogP contribution in [0.3, 0.4) is 0 Å². The molecule has 1 aliphatic rings. The van der Waals surface area contributed by atoms with Crippen molar-refractivity contribution in [2.45, 2.75) is 13.5 Å². The van der Waals surface area contributed by atoms with Gasteiger partial charge in [-0.1, -0.05) is 41.1 Å². The van der Waals surface area contributed by atoms with E-state index in [9.17, 15) is 19.1 Å². The molecule has 2 aromatic carbocycles. The Morgan fingerprint density at radius 2 is 2.10 bits per heavy atom. The number of rotatable bonds is 4. The van der Waals surface area contributed by atoms with Gasteiger partial charge in [0.05, 0.1) is 15.6 Å². The number of carbonyl (C=O) groups is 1. The molecule has 0 saturated carbocycles. The zero-order valence-corrected chi connectivity index (χ0v) is 17.2. The molecule has 1 amide bonds. The topological polar surface area (TPSA) is 83.7 Å². The summed E-state index contributed by atoms with van der Waals surface area (Å²) in [6.45, 7) is 1.45. The summed E-state index contributed by atoms with van der Waals surface area (Å²) in [4.78, 5) is 29.0. The number of hydrogen-bond acceptors (Lipinski definition) is 5. The smallest absolute Gasteiger partial charge is 0.311 e. The van der Waals surface area contributed by atoms with Gasteiger partial charge in [-0.25, -0.2) is 4.39 Å².